The van der Waals surface area contributed by atoms with E-state index in [1.807, 2.05) is 74.5 Å². The number of alkyl halides is 1. The van der Waals surface area contributed by atoms with Crippen LogP contribution in [0.4, 0.5) is 0 Å². The second kappa shape index (κ2) is 15.7. The van der Waals surface area contributed by atoms with E-state index < -0.39 is 41.8 Å². The number of amides is 3. The number of carbonyl (C=O) groups is 4. The zero-order valence-corrected chi connectivity index (χ0v) is 22.3. The van der Waals surface area contributed by atoms with Crippen molar-refractivity contribution in [3.05, 3.63) is 71.8 Å². The standard InChI is InChI=1S/C28H36ClN3O5/c1-19(2)16-23(27(35)32-24(28(36)37-3)17-21-12-8-5-9-13-21)31-26(34)22(30-25(33)18-29)15-14-20-10-6-4-7-11-20/h4-13,19,22-24H,14-18H2,1-3H3,(H,30,33)(H,31,34)(H,32,35)/t22-,23-,24-/m0/s1. The minimum Gasteiger partial charge on any atom is -0.467 e. The molecule has 0 unspecified atom stereocenters. The van der Waals surface area contributed by atoms with Crippen molar-refractivity contribution < 1.29 is 23.9 Å². The van der Waals surface area contributed by atoms with Gasteiger partial charge in [0.1, 0.15) is 24.0 Å². The van der Waals surface area contributed by atoms with Crippen molar-refractivity contribution in [2.24, 2.45) is 5.92 Å². The molecule has 0 aliphatic rings. The summed E-state index contributed by atoms with van der Waals surface area (Å²) in [6.07, 6.45) is 1.45. The highest BCUT2D eigenvalue weighted by Crippen LogP contribution is 2.11. The zero-order chi connectivity index (χ0) is 27.2. The Morgan fingerprint density at radius 3 is 1.86 bits per heavy atom. The lowest BCUT2D eigenvalue weighted by Gasteiger charge is -2.26. The summed E-state index contributed by atoms with van der Waals surface area (Å²) < 4.78 is 4.89. The first-order chi connectivity index (χ1) is 17.7. The Labute approximate surface area is 223 Å². The lowest BCUT2D eigenvalue weighted by Crippen LogP contribution is -2.56. The van der Waals surface area contributed by atoms with Gasteiger partial charge in [-0.2, -0.15) is 0 Å². The van der Waals surface area contributed by atoms with Crippen LogP contribution in [-0.4, -0.2) is 54.8 Å². The molecule has 2 aromatic carbocycles. The molecular weight excluding hydrogens is 494 g/mol. The number of methoxy groups -OCH3 is 1. The number of aryl methyl sites for hydroxylation is 1. The van der Waals surface area contributed by atoms with Crippen LogP contribution in [0, 0.1) is 5.92 Å². The van der Waals surface area contributed by atoms with Gasteiger partial charge in [0, 0.05) is 6.42 Å². The minimum atomic E-state index is -0.920. The molecule has 2 rings (SSSR count). The number of hydrogen-bond donors (Lipinski definition) is 3. The molecule has 2 aromatic rings. The Kier molecular flexibility index (Phi) is 12.6. The average molecular weight is 530 g/mol. The maximum atomic E-state index is 13.3. The van der Waals surface area contributed by atoms with E-state index in [9.17, 15) is 19.2 Å². The molecule has 200 valence electrons. The van der Waals surface area contributed by atoms with Gasteiger partial charge in [-0.3, -0.25) is 14.4 Å². The molecule has 3 amide bonds. The van der Waals surface area contributed by atoms with Gasteiger partial charge in [-0.25, -0.2) is 4.79 Å². The molecule has 0 saturated heterocycles. The van der Waals surface area contributed by atoms with Crippen LogP contribution in [0.2, 0.25) is 0 Å². The van der Waals surface area contributed by atoms with E-state index in [0.29, 0.717) is 19.3 Å². The fourth-order valence-electron chi connectivity index (χ4n) is 3.89. The summed E-state index contributed by atoms with van der Waals surface area (Å²) in [5.41, 5.74) is 1.87. The molecule has 0 aliphatic heterocycles. The molecule has 0 aliphatic carbocycles. The van der Waals surface area contributed by atoms with E-state index in [4.69, 9.17) is 16.3 Å². The second-order valence-corrected chi connectivity index (χ2v) is 9.51. The largest absolute Gasteiger partial charge is 0.467 e. The molecule has 3 atom stereocenters. The van der Waals surface area contributed by atoms with E-state index in [2.05, 4.69) is 16.0 Å². The molecule has 0 bridgehead atoms. The molecule has 37 heavy (non-hydrogen) atoms. The summed E-state index contributed by atoms with van der Waals surface area (Å²) in [6.45, 7) is 3.85. The smallest absolute Gasteiger partial charge is 0.328 e. The Hall–Kier alpha value is -3.39. The normalized spacial score (nSPS) is 13.2. The van der Waals surface area contributed by atoms with Gasteiger partial charge in [0.05, 0.1) is 7.11 Å². The third-order valence-corrected chi connectivity index (χ3v) is 6.01. The van der Waals surface area contributed by atoms with Gasteiger partial charge >= 0.3 is 5.97 Å². The Morgan fingerprint density at radius 2 is 1.32 bits per heavy atom. The molecule has 0 spiro atoms. The van der Waals surface area contributed by atoms with Gasteiger partial charge in [0.2, 0.25) is 17.7 Å². The first-order valence-corrected chi connectivity index (χ1v) is 12.9. The van der Waals surface area contributed by atoms with Crippen LogP contribution in [0.5, 0.6) is 0 Å². The first-order valence-electron chi connectivity index (χ1n) is 12.3. The molecule has 8 nitrogen and oxygen atoms in total. The third kappa shape index (κ3) is 10.6. The fraction of sp³-hybridized carbons (Fsp3) is 0.429. The van der Waals surface area contributed by atoms with Crippen LogP contribution in [0.25, 0.3) is 0 Å². The Balaban J connectivity index is 2.15. The summed E-state index contributed by atoms with van der Waals surface area (Å²) in [7, 11) is 1.26. The number of esters is 1. The lowest BCUT2D eigenvalue weighted by atomic mass is 10.00. The van der Waals surface area contributed by atoms with Gasteiger partial charge in [0.15, 0.2) is 0 Å². The van der Waals surface area contributed by atoms with Crippen molar-refractivity contribution in [2.75, 3.05) is 13.0 Å². The Bertz CT molecular complexity index is 1020. The topological polar surface area (TPSA) is 114 Å². The number of ether oxygens (including phenoxy) is 1. The predicted molar refractivity (Wildman–Crippen MR) is 143 cm³/mol. The van der Waals surface area contributed by atoms with Crippen molar-refractivity contribution in [1.29, 1.82) is 0 Å². The van der Waals surface area contributed by atoms with Gasteiger partial charge < -0.3 is 20.7 Å². The van der Waals surface area contributed by atoms with Crippen LogP contribution in [-0.2, 0) is 36.8 Å². The van der Waals surface area contributed by atoms with Crippen molar-refractivity contribution >= 4 is 35.3 Å². The van der Waals surface area contributed by atoms with Gasteiger partial charge in [-0.15, -0.1) is 11.6 Å². The van der Waals surface area contributed by atoms with E-state index >= 15 is 0 Å². The van der Waals surface area contributed by atoms with Crippen LogP contribution in [0.1, 0.15) is 37.8 Å². The molecular formula is C28H36ClN3O5. The van der Waals surface area contributed by atoms with Gasteiger partial charge in [-0.1, -0.05) is 74.5 Å². The highest BCUT2D eigenvalue weighted by atomic mass is 35.5. The van der Waals surface area contributed by atoms with Gasteiger partial charge in [0.25, 0.3) is 0 Å². The number of carbonyl (C=O) groups excluding carboxylic acids is 4. The third-order valence-electron chi connectivity index (χ3n) is 5.76. The zero-order valence-electron chi connectivity index (χ0n) is 21.5. The summed E-state index contributed by atoms with van der Waals surface area (Å²) in [5, 5.41) is 8.16. The van der Waals surface area contributed by atoms with E-state index in [1.165, 1.54) is 7.11 Å². The number of nitrogens with one attached hydrogen (secondary N) is 3. The van der Waals surface area contributed by atoms with Crippen LogP contribution < -0.4 is 16.0 Å². The molecule has 0 aromatic heterocycles. The molecule has 3 N–H and O–H groups in total. The number of halogens is 1. The summed E-state index contributed by atoms with van der Waals surface area (Å²) in [6, 6.07) is 16.1. The molecule has 0 saturated carbocycles. The monoisotopic (exact) mass is 529 g/mol. The van der Waals surface area contributed by atoms with E-state index in [0.717, 1.165) is 11.1 Å². The number of benzene rings is 2. The molecule has 0 fully saturated rings. The highest BCUT2D eigenvalue weighted by molar-refractivity contribution is 6.27. The SMILES string of the molecule is COC(=O)[C@H](Cc1ccccc1)NC(=O)[C@H](CC(C)C)NC(=O)[C@H](CCc1ccccc1)NC(=O)CCl. The first kappa shape index (κ1) is 29.8. The predicted octanol–water partition coefficient (Wildman–Crippen LogP) is 2.77. The minimum absolute atomic E-state index is 0.0713. The van der Waals surface area contributed by atoms with Crippen LogP contribution in [0.3, 0.4) is 0 Å². The van der Waals surface area contributed by atoms with Gasteiger partial charge in [-0.05, 0) is 36.3 Å². The second-order valence-electron chi connectivity index (χ2n) is 9.24. The number of hydrogen-bond acceptors (Lipinski definition) is 5. The Morgan fingerprint density at radius 1 is 0.784 bits per heavy atom. The van der Waals surface area contributed by atoms with E-state index in [-0.39, 0.29) is 18.2 Å². The van der Waals surface area contributed by atoms with Crippen LogP contribution in [0.15, 0.2) is 60.7 Å². The molecule has 0 radical (unpaired) electrons. The molecule has 0 heterocycles. The van der Waals surface area contributed by atoms with Crippen molar-refractivity contribution in [2.45, 2.75) is 57.7 Å². The maximum absolute atomic E-state index is 13.3. The van der Waals surface area contributed by atoms with E-state index in [1.54, 1.807) is 0 Å². The highest BCUT2D eigenvalue weighted by Gasteiger charge is 2.30. The summed E-state index contributed by atoms with van der Waals surface area (Å²) in [4.78, 5) is 50.9. The molecule has 9 heteroatoms. The fourth-order valence-corrected chi connectivity index (χ4v) is 3.97. The van der Waals surface area contributed by atoms with Crippen LogP contribution >= 0.6 is 11.6 Å². The van der Waals surface area contributed by atoms with Crippen molar-refractivity contribution in [1.82, 2.24) is 16.0 Å². The summed E-state index contributed by atoms with van der Waals surface area (Å²) in [5.74, 6) is -2.27. The van der Waals surface area contributed by atoms with Crippen molar-refractivity contribution in [3.63, 3.8) is 0 Å². The number of rotatable bonds is 14. The maximum Gasteiger partial charge on any atom is 0.328 e. The van der Waals surface area contributed by atoms with Crippen molar-refractivity contribution in [3.8, 4) is 0 Å². The quantitative estimate of drug-likeness (QED) is 0.257. The average Bonchev–Trinajstić information content (AvgIpc) is 2.90. The summed E-state index contributed by atoms with van der Waals surface area (Å²) >= 11 is 5.66. The lowest BCUT2D eigenvalue weighted by molar-refractivity contribution is -0.145.